The summed E-state index contributed by atoms with van der Waals surface area (Å²) in [6, 6.07) is 4.64. The Labute approximate surface area is 113 Å². The van der Waals surface area contributed by atoms with E-state index in [9.17, 15) is 4.39 Å². The Morgan fingerprint density at radius 3 is 2.72 bits per heavy atom. The van der Waals surface area contributed by atoms with Crippen LogP contribution in [0.1, 0.15) is 23.0 Å². The minimum Gasteiger partial charge on any atom is -0.322 e. The van der Waals surface area contributed by atoms with E-state index in [1.807, 2.05) is 6.92 Å². The van der Waals surface area contributed by atoms with Crippen LogP contribution in [-0.2, 0) is 6.42 Å². The van der Waals surface area contributed by atoms with Crippen LogP contribution in [0.4, 0.5) is 4.39 Å². The van der Waals surface area contributed by atoms with Crippen LogP contribution in [0.25, 0.3) is 0 Å². The van der Waals surface area contributed by atoms with Gasteiger partial charge in [0.1, 0.15) is 5.82 Å². The van der Waals surface area contributed by atoms with E-state index < -0.39 is 0 Å². The lowest BCUT2D eigenvalue weighted by Crippen LogP contribution is -2.15. The molecule has 5 heteroatoms. The highest BCUT2D eigenvalue weighted by Gasteiger charge is 2.10. The molecule has 0 saturated carbocycles. The largest absolute Gasteiger partial charge is 0.322 e. The minimum atomic E-state index is -0.276. The molecular weight excluding hydrogens is 297 g/mol. The summed E-state index contributed by atoms with van der Waals surface area (Å²) in [5, 5.41) is 0. The van der Waals surface area contributed by atoms with Gasteiger partial charge in [-0.1, -0.05) is 6.07 Å². The summed E-state index contributed by atoms with van der Waals surface area (Å²) < 4.78 is 13.5. The first-order chi connectivity index (χ1) is 8.56. The lowest BCUT2D eigenvalue weighted by atomic mass is 10.0. The zero-order chi connectivity index (χ0) is 13.1. The van der Waals surface area contributed by atoms with E-state index in [1.54, 1.807) is 24.5 Å². The van der Waals surface area contributed by atoms with Crippen LogP contribution >= 0.6 is 15.9 Å². The molecule has 1 heterocycles. The van der Waals surface area contributed by atoms with E-state index in [0.29, 0.717) is 10.9 Å². The van der Waals surface area contributed by atoms with Crippen molar-refractivity contribution in [2.75, 3.05) is 0 Å². The smallest absolute Gasteiger partial charge is 0.137 e. The maximum Gasteiger partial charge on any atom is 0.137 e. The minimum absolute atomic E-state index is 0.240. The molecule has 0 saturated heterocycles. The van der Waals surface area contributed by atoms with Gasteiger partial charge in [0.25, 0.3) is 0 Å². The molecule has 18 heavy (non-hydrogen) atoms. The van der Waals surface area contributed by atoms with Crippen LogP contribution in [0.3, 0.4) is 0 Å². The number of hydrogen-bond acceptors (Lipinski definition) is 3. The van der Waals surface area contributed by atoms with Crippen LogP contribution in [-0.4, -0.2) is 9.97 Å². The maximum atomic E-state index is 13.1. The Hall–Kier alpha value is -1.33. The summed E-state index contributed by atoms with van der Waals surface area (Å²) in [6.45, 7) is 1.87. The normalized spacial score (nSPS) is 12.4. The van der Waals surface area contributed by atoms with E-state index in [2.05, 4.69) is 25.9 Å². The summed E-state index contributed by atoms with van der Waals surface area (Å²) in [7, 11) is 0. The van der Waals surface area contributed by atoms with Crippen LogP contribution in [0.5, 0.6) is 0 Å². The van der Waals surface area contributed by atoms with Crippen molar-refractivity contribution in [3.8, 4) is 0 Å². The molecule has 3 nitrogen and oxygen atoms in total. The van der Waals surface area contributed by atoms with E-state index in [-0.39, 0.29) is 11.9 Å². The highest BCUT2D eigenvalue weighted by atomic mass is 79.9. The first-order valence-electron chi connectivity index (χ1n) is 5.54. The third-order valence-corrected chi connectivity index (χ3v) is 3.23. The van der Waals surface area contributed by atoms with E-state index in [1.165, 1.54) is 6.07 Å². The number of benzene rings is 1. The van der Waals surface area contributed by atoms with Gasteiger partial charge in [0.05, 0.1) is 28.1 Å². The quantitative estimate of drug-likeness (QED) is 0.948. The first-order valence-corrected chi connectivity index (χ1v) is 6.33. The number of halogens is 2. The average molecular weight is 310 g/mol. The van der Waals surface area contributed by atoms with Gasteiger partial charge in [0.2, 0.25) is 0 Å². The highest BCUT2D eigenvalue weighted by molar-refractivity contribution is 9.10. The Bertz CT molecular complexity index is 542. The van der Waals surface area contributed by atoms with Gasteiger partial charge >= 0.3 is 0 Å². The summed E-state index contributed by atoms with van der Waals surface area (Å²) in [5.74, 6) is -0.276. The number of rotatable bonds is 3. The molecule has 0 aliphatic rings. The molecule has 1 unspecified atom stereocenters. The molecule has 0 aliphatic heterocycles. The average Bonchev–Trinajstić information content (AvgIpc) is 2.34. The molecule has 0 fully saturated rings. The van der Waals surface area contributed by atoms with Crippen molar-refractivity contribution in [2.24, 2.45) is 5.73 Å². The number of hydrogen-bond donors (Lipinski definition) is 1. The Morgan fingerprint density at radius 1 is 1.33 bits per heavy atom. The molecule has 1 aromatic heterocycles. The fraction of sp³-hybridized carbons (Fsp3) is 0.231. The molecule has 0 amide bonds. The van der Waals surface area contributed by atoms with Gasteiger partial charge in [-0.2, -0.15) is 0 Å². The van der Waals surface area contributed by atoms with Gasteiger partial charge in [0.15, 0.2) is 0 Å². The molecule has 0 aliphatic carbocycles. The molecule has 2 N–H and O–H groups in total. The summed E-state index contributed by atoms with van der Waals surface area (Å²) in [6.07, 6.45) is 3.96. The zero-order valence-electron chi connectivity index (χ0n) is 9.90. The number of nitrogens with two attached hydrogens (primary N) is 1. The number of aromatic nitrogens is 2. The summed E-state index contributed by atoms with van der Waals surface area (Å²) in [4.78, 5) is 8.40. The van der Waals surface area contributed by atoms with Crippen LogP contribution in [0.15, 0.2) is 35.1 Å². The van der Waals surface area contributed by atoms with Crippen LogP contribution in [0, 0.1) is 12.7 Å². The third-order valence-electron chi connectivity index (χ3n) is 2.62. The van der Waals surface area contributed by atoms with Gasteiger partial charge in [-0.05, 0) is 47.0 Å². The van der Waals surface area contributed by atoms with E-state index in [0.717, 1.165) is 17.0 Å². The monoisotopic (exact) mass is 309 g/mol. The molecule has 1 atom stereocenters. The second-order valence-electron chi connectivity index (χ2n) is 4.14. The number of aryl methyl sites for hydroxylation is 1. The predicted octanol–water partition coefficient (Wildman–Crippen LogP) is 2.93. The first kappa shape index (κ1) is 13.1. The Balaban J connectivity index is 2.13. The second kappa shape index (κ2) is 5.54. The lowest BCUT2D eigenvalue weighted by Gasteiger charge is -2.11. The second-order valence-corrected chi connectivity index (χ2v) is 5.00. The zero-order valence-corrected chi connectivity index (χ0v) is 11.5. The Morgan fingerprint density at radius 2 is 2.11 bits per heavy atom. The molecule has 0 bridgehead atoms. The summed E-state index contributed by atoms with van der Waals surface area (Å²) in [5.41, 5.74) is 8.60. The van der Waals surface area contributed by atoms with Crippen molar-refractivity contribution in [2.45, 2.75) is 19.4 Å². The van der Waals surface area contributed by atoms with Crippen molar-refractivity contribution >= 4 is 15.9 Å². The van der Waals surface area contributed by atoms with Crippen LogP contribution in [0.2, 0.25) is 0 Å². The molecule has 0 spiro atoms. The van der Waals surface area contributed by atoms with Crippen molar-refractivity contribution < 1.29 is 4.39 Å². The van der Waals surface area contributed by atoms with Crippen molar-refractivity contribution in [3.63, 3.8) is 0 Å². The molecule has 1 aromatic carbocycles. The van der Waals surface area contributed by atoms with Gasteiger partial charge in [-0.3, -0.25) is 9.97 Å². The van der Waals surface area contributed by atoms with Crippen LogP contribution < -0.4 is 5.73 Å². The van der Waals surface area contributed by atoms with E-state index in [4.69, 9.17) is 5.73 Å². The van der Waals surface area contributed by atoms with Gasteiger partial charge < -0.3 is 5.73 Å². The number of nitrogens with zero attached hydrogens (tertiary/aromatic N) is 2. The lowest BCUT2D eigenvalue weighted by molar-refractivity contribution is 0.618. The maximum absolute atomic E-state index is 13.1. The molecule has 94 valence electrons. The van der Waals surface area contributed by atoms with Crippen molar-refractivity contribution in [1.82, 2.24) is 9.97 Å². The fourth-order valence-electron chi connectivity index (χ4n) is 1.62. The van der Waals surface area contributed by atoms with Gasteiger partial charge in [-0.25, -0.2) is 4.39 Å². The molecule has 0 radical (unpaired) electrons. The molecule has 2 rings (SSSR count). The predicted molar refractivity (Wildman–Crippen MR) is 71.5 cm³/mol. The molecule has 2 aromatic rings. The standard InChI is InChI=1S/C13H13BrFN3/c1-8-6-18-13(7-17-8)12(16)5-9-2-3-11(15)10(14)4-9/h2-4,6-7,12H,5,16H2,1H3. The highest BCUT2D eigenvalue weighted by Crippen LogP contribution is 2.20. The SMILES string of the molecule is Cc1cnc(C(N)Cc2ccc(F)c(Br)c2)cn1. The van der Waals surface area contributed by atoms with Gasteiger partial charge in [0, 0.05) is 6.20 Å². The van der Waals surface area contributed by atoms with Crippen molar-refractivity contribution in [3.05, 3.63) is 57.8 Å². The Kier molecular flexibility index (Phi) is 4.04. The topological polar surface area (TPSA) is 51.8 Å². The van der Waals surface area contributed by atoms with Crippen molar-refractivity contribution in [1.29, 1.82) is 0 Å². The fourth-order valence-corrected chi connectivity index (χ4v) is 2.05. The van der Waals surface area contributed by atoms with E-state index >= 15 is 0 Å². The summed E-state index contributed by atoms with van der Waals surface area (Å²) >= 11 is 3.16. The van der Waals surface area contributed by atoms with Gasteiger partial charge in [-0.15, -0.1) is 0 Å². The third kappa shape index (κ3) is 3.11. The molecular formula is C13H13BrFN3.